The summed E-state index contributed by atoms with van der Waals surface area (Å²) in [5, 5.41) is 0. The highest BCUT2D eigenvalue weighted by atomic mass is 32.2. The van der Waals surface area contributed by atoms with Crippen LogP contribution in [0.4, 0.5) is 0 Å². The second kappa shape index (κ2) is 5.56. The van der Waals surface area contributed by atoms with Gasteiger partial charge in [-0.25, -0.2) is 4.79 Å². The molecule has 0 aliphatic carbocycles. The summed E-state index contributed by atoms with van der Waals surface area (Å²) in [5.41, 5.74) is 0.363. The molecule has 15 heavy (non-hydrogen) atoms. The average Bonchev–Trinajstić information content (AvgIpc) is 2.28. The van der Waals surface area contributed by atoms with Gasteiger partial charge in [-0.05, 0) is 30.0 Å². The van der Waals surface area contributed by atoms with E-state index < -0.39 is 11.8 Å². The summed E-state index contributed by atoms with van der Waals surface area (Å²) in [7, 11) is 1.20. The summed E-state index contributed by atoms with van der Waals surface area (Å²) < 4.78 is 4.35. The van der Waals surface area contributed by atoms with Crippen molar-refractivity contribution < 1.29 is 14.3 Å². The SMILES string of the molecule is CCSc1ccc(C(=O)C(=O)OC)cc1. The smallest absolute Gasteiger partial charge is 0.379 e. The molecule has 80 valence electrons. The van der Waals surface area contributed by atoms with Crippen molar-refractivity contribution >= 4 is 23.5 Å². The number of esters is 1. The van der Waals surface area contributed by atoms with Crippen LogP contribution < -0.4 is 0 Å². The van der Waals surface area contributed by atoms with Gasteiger partial charge in [0.15, 0.2) is 0 Å². The Balaban J connectivity index is 2.80. The van der Waals surface area contributed by atoms with E-state index in [1.165, 1.54) is 7.11 Å². The molecule has 0 radical (unpaired) electrons. The summed E-state index contributed by atoms with van der Waals surface area (Å²) >= 11 is 1.68. The number of ether oxygens (including phenoxy) is 1. The zero-order valence-electron chi connectivity index (χ0n) is 8.65. The third-order valence-corrected chi connectivity index (χ3v) is 2.69. The third-order valence-electron chi connectivity index (χ3n) is 1.80. The Morgan fingerprint density at radius 1 is 1.27 bits per heavy atom. The van der Waals surface area contributed by atoms with Crippen molar-refractivity contribution in [3.05, 3.63) is 29.8 Å². The molecule has 4 heteroatoms. The van der Waals surface area contributed by atoms with Crippen LogP contribution >= 0.6 is 11.8 Å². The fraction of sp³-hybridized carbons (Fsp3) is 0.273. The van der Waals surface area contributed by atoms with E-state index in [0.717, 1.165) is 10.6 Å². The maximum Gasteiger partial charge on any atom is 0.379 e. The molecular weight excluding hydrogens is 212 g/mol. The van der Waals surface area contributed by atoms with Crippen LogP contribution in [-0.2, 0) is 9.53 Å². The van der Waals surface area contributed by atoms with Crippen LogP contribution in [0.25, 0.3) is 0 Å². The van der Waals surface area contributed by atoms with Crippen molar-refractivity contribution in [3.8, 4) is 0 Å². The molecule has 0 saturated carbocycles. The Hall–Kier alpha value is -1.29. The fourth-order valence-electron chi connectivity index (χ4n) is 1.08. The normalized spacial score (nSPS) is 9.73. The van der Waals surface area contributed by atoms with Crippen LogP contribution in [0.2, 0.25) is 0 Å². The largest absolute Gasteiger partial charge is 0.463 e. The first-order chi connectivity index (χ1) is 7.19. The maximum atomic E-state index is 11.4. The molecular formula is C11H12O3S. The second-order valence-corrected chi connectivity index (χ2v) is 4.12. The molecule has 0 saturated heterocycles. The van der Waals surface area contributed by atoms with E-state index in [1.54, 1.807) is 23.9 Å². The van der Waals surface area contributed by atoms with Crippen LogP contribution in [0.3, 0.4) is 0 Å². The molecule has 0 atom stereocenters. The molecule has 0 aliphatic rings. The van der Waals surface area contributed by atoms with Crippen LogP contribution in [0.5, 0.6) is 0 Å². The van der Waals surface area contributed by atoms with Crippen molar-refractivity contribution in [2.75, 3.05) is 12.9 Å². The predicted molar refractivity (Wildman–Crippen MR) is 59.2 cm³/mol. The molecule has 0 spiro atoms. The number of rotatable bonds is 4. The lowest BCUT2D eigenvalue weighted by atomic mass is 10.1. The predicted octanol–water partition coefficient (Wildman–Crippen LogP) is 2.15. The number of hydrogen-bond acceptors (Lipinski definition) is 4. The first-order valence-electron chi connectivity index (χ1n) is 4.54. The zero-order chi connectivity index (χ0) is 11.3. The minimum atomic E-state index is -0.828. The average molecular weight is 224 g/mol. The van der Waals surface area contributed by atoms with Crippen LogP contribution in [0.1, 0.15) is 17.3 Å². The van der Waals surface area contributed by atoms with Gasteiger partial charge in [-0.15, -0.1) is 11.8 Å². The summed E-state index contributed by atoms with van der Waals surface area (Å²) in [5.74, 6) is -0.457. The minimum Gasteiger partial charge on any atom is -0.463 e. The van der Waals surface area contributed by atoms with Gasteiger partial charge in [0.05, 0.1) is 7.11 Å². The first-order valence-corrected chi connectivity index (χ1v) is 5.53. The molecule has 1 rings (SSSR count). The van der Waals surface area contributed by atoms with Crippen LogP contribution in [-0.4, -0.2) is 24.6 Å². The summed E-state index contributed by atoms with van der Waals surface area (Å²) in [6.07, 6.45) is 0. The Labute approximate surface area is 92.8 Å². The Morgan fingerprint density at radius 3 is 2.33 bits per heavy atom. The number of ketones is 1. The number of thioether (sulfide) groups is 1. The maximum absolute atomic E-state index is 11.4. The van der Waals surface area contributed by atoms with E-state index in [0.29, 0.717) is 5.56 Å². The van der Waals surface area contributed by atoms with Crippen molar-refractivity contribution in [1.82, 2.24) is 0 Å². The number of hydrogen-bond donors (Lipinski definition) is 0. The molecule has 0 unspecified atom stereocenters. The number of Topliss-reactive ketones (excluding diaryl/α,β-unsaturated/α-hetero) is 1. The molecule has 0 amide bonds. The van der Waals surface area contributed by atoms with Gasteiger partial charge in [-0.1, -0.05) is 6.92 Å². The van der Waals surface area contributed by atoms with E-state index in [-0.39, 0.29) is 0 Å². The van der Waals surface area contributed by atoms with Gasteiger partial charge >= 0.3 is 5.97 Å². The highest BCUT2D eigenvalue weighted by molar-refractivity contribution is 7.99. The van der Waals surface area contributed by atoms with Crippen LogP contribution in [0, 0.1) is 0 Å². The van der Waals surface area contributed by atoms with Crippen molar-refractivity contribution in [2.45, 2.75) is 11.8 Å². The summed E-state index contributed by atoms with van der Waals surface area (Å²) in [6.45, 7) is 2.05. The quantitative estimate of drug-likeness (QED) is 0.340. The Kier molecular flexibility index (Phi) is 4.37. The molecule has 0 fully saturated rings. The molecule has 0 bridgehead atoms. The van der Waals surface area contributed by atoms with Gasteiger partial charge in [0.25, 0.3) is 5.78 Å². The topological polar surface area (TPSA) is 43.4 Å². The lowest BCUT2D eigenvalue weighted by molar-refractivity contribution is -0.135. The van der Waals surface area contributed by atoms with Crippen molar-refractivity contribution in [3.63, 3.8) is 0 Å². The standard InChI is InChI=1S/C11H12O3S/c1-3-15-9-6-4-8(5-7-9)10(12)11(13)14-2/h4-7H,3H2,1-2H3. The zero-order valence-corrected chi connectivity index (χ0v) is 9.47. The molecule has 1 aromatic carbocycles. The summed E-state index contributed by atoms with van der Waals surface area (Å²) in [6, 6.07) is 6.92. The molecule has 0 N–H and O–H groups in total. The van der Waals surface area contributed by atoms with Crippen molar-refractivity contribution in [2.24, 2.45) is 0 Å². The highest BCUT2D eigenvalue weighted by Crippen LogP contribution is 2.17. The first kappa shape index (κ1) is 11.8. The van der Waals surface area contributed by atoms with Gasteiger partial charge in [0.2, 0.25) is 0 Å². The molecule has 1 aromatic rings. The van der Waals surface area contributed by atoms with Crippen molar-refractivity contribution in [1.29, 1.82) is 0 Å². The summed E-state index contributed by atoms with van der Waals surface area (Å²) in [4.78, 5) is 23.4. The number of methoxy groups -OCH3 is 1. The monoisotopic (exact) mass is 224 g/mol. The van der Waals surface area contributed by atoms with E-state index in [2.05, 4.69) is 11.7 Å². The van der Waals surface area contributed by atoms with E-state index >= 15 is 0 Å². The lowest BCUT2D eigenvalue weighted by Gasteiger charge is -2.01. The number of carbonyl (C=O) groups is 2. The number of benzene rings is 1. The van der Waals surface area contributed by atoms with E-state index in [9.17, 15) is 9.59 Å². The number of carbonyl (C=O) groups excluding carboxylic acids is 2. The lowest BCUT2D eigenvalue weighted by Crippen LogP contribution is -2.15. The van der Waals surface area contributed by atoms with Gasteiger partial charge < -0.3 is 4.74 Å². The van der Waals surface area contributed by atoms with E-state index in [1.807, 2.05) is 12.1 Å². The second-order valence-electron chi connectivity index (χ2n) is 2.78. The molecule has 0 aliphatic heterocycles. The minimum absolute atomic E-state index is 0.363. The van der Waals surface area contributed by atoms with Gasteiger partial charge in [-0.2, -0.15) is 0 Å². The Bertz CT molecular complexity index is 357. The van der Waals surface area contributed by atoms with Crippen LogP contribution in [0.15, 0.2) is 29.2 Å². The van der Waals surface area contributed by atoms with Gasteiger partial charge in [0.1, 0.15) is 0 Å². The fourth-order valence-corrected chi connectivity index (χ4v) is 1.74. The van der Waals surface area contributed by atoms with Gasteiger partial charge in [-0.3, -0.25) is 4.79 Å². The molecule has 0 aromatic heterocycles. The molecule has 3 nitrogen and oxygen atoms in total. The van der Waals surface area contributed by atoms with E-state index in [4.69, 9.17) is 0 Å². The Morgan fingerprint density at radius 2 is 1.87 bits per heavy atom. The highest BCUT2D eigenvalue weighted by Gasteiger charge is 2.15. The third kappa shape index (κ3) is 3.09. The van der Waals surface area contributed by atoms with Gasteiger partial charge in [0, 0.05) is 10.5 Å². The molecule has 0 heterocycles.